The van der Waals surface area contributed by atoms with Crippen molar-refractivity contribution in [2.75, 3.05) is 25.6 Å². The predicted molar refractivity (Wildman–Crippen MR) is 114 cm³/mol. The zero-order valence-electron chi connectivity index (χ0n) is 17.6. The summed E-state index contributed by atoms with van der Waals surface area (Å²) >= 11 is 0. The van der Waals surface area contributed by atoms with E-state index in [9.17, 15) is 9.59 Å². The molecule has 3 amide bonds. The molecule has 1 aromatic rings. The van der Waals surface area contributed by atoms with Crippen molar-refractivity contribution in [1.29, 1.82) is 5.26 Å². The van der Waals surface area contributed by atoms with Gasteiger partial charge in [0.2, 0.25) is 0 Å². The number of urea groups is 1. The number of hydrogen-bond acceptors (Lipinski definition) is 6. The van der Waals surface area contributed by atoms with Gasteiger partial charge in [-0.2, -0.15) is 5.26 Å². The van der Waals surface area contributed by atoms with E-state index in [4.69, 9.17) is 19.5 Å². The molecule has 0 spiro atoms. The van der Waals surface area contributed by atoms with Gasteiger partial charge in [0.1, 0.15) is 17.9 Å². The summed E-state index contributed by atoms with van der Waals surface area (Å²) in [6.45, 7) is 2.90. The Morgan fingerprint density at radius 1 is 1.32 bits per heavy atom. The Hall–Kier alpha value is -3.51. The van der Waals surface area contributed by atoms with Crippen LogP contribution in [0.4, 0.5) is 15.3 Å². The molecule has 164 valence electrons. The third-order valence-electron chi connectivity index (χ3n) is 4.98. The van der Waals surface area contributed by atoms with Crippen molar-refractivity contribution in [1.82, 2.24) is 10.6 Å². The molecular weight excluding hydrogens is 400 g/mol. The monoisotopic (exact) mass is 426 g/mol. The summed E-state index contributed by atoms with van der Waals surface area (Å²) in [5, 5.41) is 17.4. The Kier molecular flexibility index (Phi) is 7.51. The van der Waals surface area contributed by atoms with Gasteiger partial charge in [-0.25, -0.2) is 9.59 Å². The Labute approximate surface area is 181 Å². The third-order valence-corrected chi connectivity index (χ3v) is 4.98. The normalized spacial score (nSPS) is 18.7. The lowest BCUT2D eigenvalue weighted by Gasteiger charge is -2.21. The molecule has 31 heavy (non-hydrogen) atoms. The molecule has 9 nitrogen and oxygen atoms in total. The van der Waals surface area contributed by atoms with Crippen LogP contribution in [0.5, 0.6) is 5.75 Å². The molecule has 0 aromatic heterocycles. The summed E-state index contributed by atoms with van der Waals surface area (Å²) in [4.78, 5) is 24.5. The molecule has 1 aliphatic heterocycles. The van der Waals surface area contributed by atoms with E-state index in [0.717, 1.165) is 17.7 Å². The van der Waals surface area contributed by atoms with Crippen molar-refractivity contribution in [3.05, 3.63) is 47.2 Å². The van der Waals surface area contributed by atoms with Gasteiger partial charge in [-0.3, -0.25) is 0 Å². The molecule has 1 aromatic carbocycles. The van der Waals surface area contributed by atoms with Crippen LogP contribution in [0.15, 0.2) is 41.6 Å². The van der Waals surface area contributed by atoms with Gasteiger partial charge in [0.25, 0.3) is 0 Å². The summed E-state index contributed by atoms with van der Waals surface area (Å²) < 4.78 is 15.7. The molecule has 1 saturated heterocycles. The Morgan fingerprint density at radius 3 is 2.87 bits per heavy atom. The minimum Gasteiger partial charge on any atom is -0.495 e. The first-order valence-electron chi connectivity index (χ1n) is 10.1. The average Bonchev–Trinajstić information content (AvgIpc) is 3.26. The molecule has 1 fully saturated rings. The lowest BCUT2D eigenvalue weighted by atomic mass is 9.99. The smallest absolute Gasteiger partial charge is 0.407 e. The molecule has 0 unspecified atom stereocenters. The van der Waals surface area contributed by atoms with Gasteiger partial charge < -0.3 is 30.2 Å². The van der Waals surface area contributed by atoms with E-state index in [1.807, 2.05) is 25.1 Å². The van der Waals surface area contributed by atoms with Gasteiger partial charge in [0.05, 0.1) is 31.9 Å². The highest BCUT2D eigenvalue weighted by atomic mass is 16.6. The molecule has 3 N–H and O–H groups in total. The SMILES string of the molecule is COc1cc(NC(=O)NC2=CC([C@H](C)NC(=O)O[C@H]3CCOC3)=CCC2)ccc1C#N. The van der Waals surface area contributed by atoms with Crippen LogP contribution in [0, 0.1) is 11.3 Å². The number of carbonyl (C=O) groups excluding carboxylic acids is 2. The first-order valence-corrected chi connectivity index (χ1v) is 10.1. The predicted octanol–water partition coefficient (Wildman–Crippen LogP) is 3.20. The maximum absolute atomic E-state index is 12.4. The van der Waals surface area contributed by atoms with Crippen LogP contribution in [-0.2, 0) is 9.47 Å². The second-order valence-electron chi connectivity index (χ2n) is 7.28. The van der Waals surface area contributed by atoms with Crippen LogP contribution in [0.1, 0.15) is 31.7 Å². The van der Waals surface area contributed by atoms with E-state index in [1.54, 1.807) is 18.2 Å². The maximum atomic E-state index is 12.4. The number of amides is 3. The van der Waals surface area contributed by atoms with E-state index < -0.39 is 12.1 Å². The number of nitrogens with zero attached hydrogens (tertiary/aromatic N) is 1. The molecule has 0 radical (unpaired) electrons. The maximum Gasteiger partial charge on any atom is 0.407 e. The second-order valence-corrected chi connectivity index (χ2v) is 7.28. The number of carbonyl (C=O) groups is 2. The van der Waals surface area contributed by atoms with Gasteiger partial charge in [-0.1, -0.05) is 6.08 Å². The van der Waals surface area contributed by atoms with E-state index in [-0.39, 0.29) is 12.1 Å². The number of nitrogens with one attached hydrogen (secondary N) is 3. The second kappa shape index (κ2) is 10.5. The third kappa shape index (κ3) is 6.23. The van der Waals surface area contributed by atoms with Crippen molar-refractivity contribution >= 4 is 17.8 Å². The fourth-order valence-electron chi connectivity index (χ4n) is 3.35. The van der Waals surface area contributed by atoms with E-state index in [2.05, 4.69) is 16.0 Å². The molecule has 0 saturated carbocycles. The van der Waals surface area contributed by atoms with Crippen LogP contribution in [0.3, 0.4) is 0 Å². The number of allylic oxidation sites excluding steroid dienone is 2. The van der Waals surface area contributed by atoms with Gasteiger partial charge in [0.15, 0.2) is 0 Å². The van der Waals surface area contributed by atoms with Gasteiger partial charge in [0, 0.05) is 23.9 Å². The number of rotatable bonds is 6. The van der Waals surface area contributed by atoms with E-state index in [1.165, 1.54) is 7.11 Å². The molecular formula is C22H26N4O5. The number of nitriles is 1. The lowest BCUT2D eigenvalue weighted by molar-refractivity contribution is 0.0820. The minimum atomic E-state index is -0.482. The summed E-state index contributed by atoms with van der Waals surface area (Å²) in [5.74, 6) is 0.387. The summed E-state index contributed by atoms with van der Waals surface area (Å²) in [7, 11) is 1.47. The molecule has 9 heteroatoms. The average molecular weight is 426 g/mol. The Balaban J connectivity index is 1.54. The summed E-state index contributed by atoms with van der Waals surface area (Å²) in [5.41, 5.74) is 2.52. The van der Waals surface area contributed by atoms with E-state index >= 15 is 0 Å². The molecule has 2 aliphatic rings. The van der Waals surface area contributed by atoms with Crippen molar-refractivity contribution in [2.24, 2.45) is 0 Å². The zero-order chi connectivity index (χ0) is 22.2. The quantitative estimate of drug-likeness (QED) is 0.642. The standard InChI is InChI=1S/C22H26N4O5/c1-14(24-22(28)31-19-8-9-30-13-19)15-4-3-5-17(10-15)25-21(27)26-18-7-6-16(12-23)20(11-18)29-2/h4,6-7,10-11,14,19H,3,5,8-9,13H2,1-2H3,(H,24,28)(H2,25,26,27)/t14-,19-/m0/s1. The van der Waals surface area contributed by atoms with Gasteiger partial charge >= 0.3 is 12.1 Å². The van der Waals surface area contributed by atoms with Crippen LogP contribution in [0.25, 0.3) is 0 Å². The first-order chi connectivity index (χ1) is 15.0. The Morgan fingerprint density at radius 2 is 2.16 bits per heavy atom. The van der Waals surface area contributed by atoms with Crippen LogP contribution >= 0.6 is 0 Å². The summed E-state index contributed by atoms with van der Waals surface area (Å²) in [6, 6.07) is 6.16. The van der Waals surface area contributed by atoms with Crippen molar-refractivity contribution < 1.29 is 23.8 Å². The number of benzene rings is 1. The van der Waals surface area contributed by atoms with Gasteiger partial charge in [-0.05, 0) is 43.5 Å². The molecule has 1 heterocycles. The number of hydrogen-bond donors (Lipinski definition) is 3. The molecule has 2 atom stereocenters. The molecule has 0 bridgehead atoms. The van der Waals surface area contributed by atoms with Gasteiger partial charge in [-0.15, -0.1) is 0 Å². The van der Waals surface area contributed by atoms with Crippen molar-refractivity contribution in [2.45, 2.75) is 38.3 Å². The number of alkyl carbamates (subject to hydrolysis) is 1. The number of anilines is 1. The largest absolute Gasteiger partial charge is 0.495 e. The number of methoxy groups -OCH3 is 1. The molecule has 3 rings (SSSR count). The van der Waals surface area contributed by atoms with E-state index in [0.29, 0.717) is 43.1 Å². The van der Waals surface area contributed by atoms with Crippen LogP contribution in [-0.4, -0.2) is 44.6 Å². The highest BCUT2D eigenvalue weighted by Crippen LogP contribution is 2.23. The Bertz CT molecular complexity index is 928. The van der Waals surface area contributed by atoms with Crippen molar-refractivity contribution in [3.63, 3.8) is 0 Å². The first kappa shape index (κ1) is 22.2. The van der Waals surface area contributed by atoms with Crippen LogP contribution in [0.2, 0.25) is 0 Å². The fraction of sp³-hybridized carbons (Fsp3) is 0.409. The molecule has 1 aliphatic carbocycles. The zero-order valence-corrected chi connectivity index (χ0v) is 17.6. The minimum absolute atomic E-state index is 0.204. The van der Waals surface area contributed by atoms with Crippen molar-refractivity contribution in [3.8, 4) is 11.8 Å². The fourth-order valence-corrected chi connectivity index (χ4v) is 3.35. The number of ether oxygens (including phenoxy) is 3. The lowest BCUT2D eigenvalue weighted by Crippen LogP contribution is -2.37. The van der Waals surface area contributed by atoms with Crippen LogP contribution < -0.4 is 20.7 Å². The highest BCUT2D eigenvalue weighted by molar-refractivity contribution is 5.90. The topological polar surface area (TPSA) is 122 Å². The highest BCUT2D eigenvalue weighted by Gasteiger charge is 2.22. The summed E-state index contributed by atoms with van der Waals surface area (Å²) in [6.07, 6.45) is 5.31.